The van der Waals surface area contributed by atoms with Crippen molar-refractivity contribution in [3.8, 4) is 0 Å². The van der Waals surface area contributed by atoms with E-state index in [4.69, 9.17) is 0 Å². The average Bonchev–Trinajstić information content (AvgIpc) is 2.18. The molecule has 1 saturated carbocycles. The number of hydrogen-bond donors (Lipinski definition) is 1. The zero-order chi connectivity index (χ0) is 10.3. The molecule has 1 N–H and O–H groups in total. The van der Waals surface area contributed by atoms with E-state index in [0.29, 0.717) is 6.42 Å². The van der Waals surface area contributed by atoms with Gasteiger partial charge in [-0.3, -0.25) is 0 Å². The highest BCUT2D eigenvalue weighted by atomic mass is 79.9. The van der Waals surface area contributed by atoms with Crippen molar-refractivity contribution in [2.75, 3.05) is 0 Å². The minimum absolute atomic E-state index is 0.166. The van der Waals surface area contributed by atoms with Crippen molar-refractivity contribution in [1.29, 1.82) is 0 Å². The third-order valence-electron chi connectivity index (χ3n) is 3.09. The number of rotatable bonds is 1. The Morgan fingerprint density at radius 3 is 2.79 bits per heavy atom. The second-order valence-electron chi connectivity index (χ2n) is 3.93. The van der Waals surface area contributed by atoms with Crippen LogP contribution in [0.15, 0.2) is 22.7 Å². The van der Waals surface area contributed by atoms with Crippen LogP contribution in [0, 0.1) is 11.7 Å². The molecule has 1 aliphatic rings. The molecule has 1 fully saturated rings. The molecule has 0 aliphatic heterocycles. The fourth-order valence-electron chi connectivity index (χ4n) is 1.97. The van der Waals surface area contributed by atoms with Gasteiger partial charge in [-0.05, 0) is 42.0 Å². The minimum Gasteiger partial charge on any atom is -0.393 e. The molecule has 76 valence electrons. The zero-order valence-corrected chi connectivity index (χ0v) is 9.46. The van der Waals surface area contributed by atoms with E-state index < -0.39 is 0 Å². The molecule has 1 aromatic carbocycles. The normalized spacial score (nSPS) is 31.3. The Hall–Kier alpha value is -0.410. The van der Waals surface area contributed by atoms with Crippen molar-refractivity contribution < 1.29 is 9.50 Å². The summed E-state index contributed by atoms with van der Waals surface area (Å²) in [7, 11) is 0. The highest BCUT2D eigenvalue weighted by molar-refractivity contribution is 9.10. The summed E-state index contributed by atoms with van der Waals surface area (Å²) in [6, 6.07) is 4.97. The quantitative estimate of drug-likeness (QED) is 0.821. The lowest BCUT2D eigenvalue weighted by atomic mass is 9.68. The van der Waals surface area contributed by atoms with E-state index in [0.717, 1.165) is 10.0 Å². The maximum Gasteiger partial charge on any atom is 0.126 e. The van der Waals surface area contributed by atoms with Gasteiger partial charge in [-0.15, -0.1) is 0 Å². The summed E-state index contributed by atoms with van der Waals surface area (Å²) in [4.78, 5) is 0. The SMILES string of the molecule is CC1C(O)CC1c1cc(Br)ccc1F. The predicted molar refractivity (Wildman–Crippen MR) is 56.6 cm³/mol. The molecule has 1 aromatic rings. The summed E-state index contributed by atoms with van der Waals surface area (Å²) in [6.45, 7) is 1.96. The molecule has 1 nitrogen and oxygen atoms in total. The van der Waals surface area contributed by atoms with Gasteiger partial charge in [-0.2, -0.15) is 0 Å². The molecule has 14 heavy (non-hydrogen) atoms. The summed E-state index contributed by atoms with van der Waals surface area (Å²) in [6.07, 6.45) is 0.410. The molecule has 2 rings (SSSR count). The molecule has 0 spiro atoms. The van der Waals surface area contributed by atoms with Crippen molar-refractivity contribution >= 4 is 15.9 Å². The van der Waals surface area contributed by atoms with Gasteiger partial charge >= 0.3 is 0 Å². The van der Waals surface area contributed by atoms with Crippen LogP contribution in [0.5, 0.6) is 0 Å². The maximum atomic E-state index is 13.4. The van der Waals surface area contributed by atoms with E-state index in [2.05, 4.69) is 15.9 Å². The molecule has 0 saturated heterocycles. The summed E-state index contributed by atoms with van der Waals surface area (Å²) in [5, 5.41) is 9.37. The van der Waals surface area contributed by atoms with Gasteiger partial charge in [0, 0.05) is 4.47 Å². The third kappa shape index (κ3) is 1.59. The number of aliphatic hydroxyl groups excluding tert-OH is 1. The van der Waals surface area contributed by atoms with E-state index in [1.54, 1.807) is 6.07 Å². The van der Waals surface area contributed by atoms with E-state index >= 15 is 0 Å². The first-order valence-electron chi connectivity index (χ1n) is 4.72. The Bertz CT molecular complexity index is 353. The Morgan fingerprint density at radius 1 is 1.50 bits per heavy atom. The molecule has 0 amide bonds. The van der Waals surface area contributed by atoms with Crippen molar-refractivity contribution in [2.24, 2.45) is 5.92 Å². The molecular formula is C11H12BrFO. The van der Waals surface area contributed by atoms with Crippen molar-refractivity contribution in [3.63, 3.8) is 0 Å². The van der Waals surface area contributed by atoms with Crippen molar-refractivity contribution in [1.82, 2.24) is 0 Å². The highest BCUT2D eigenvalue weighted by Crippen LogP contribution is 2.43. The molecule has 0 heterocycles. The van der Waals surface area contributed by atoms with Crippen LogP contribution in [0.1, 0.15) is 24.8 Å². The smallest absolute Gasteiger partial charge is 0.126 e. The largest absolute Gasteiger partial charge is 0.393 e. The Balaban J connectivity index is 2.28. The van der Waals surface area contributed by atoms with Gasteiger partial charge in [-0.25, -0.2) is 4.39 Å². The lowest BCUT2D eigenvalue weighted by Crippen LogP contribution is -2.37. The fraction of sp³-hybridized carbons (Fsp3) is 0.455. The Labute approximate surface area is 91.1 Å². The van der Waals surface area contributed by atoms with Crippen molar-refractivity contribution in [3.05, 3.63) is 34.1 Å². The van der Waals surface area contributed by atoms with Gasteiger partial charge in [0.1, 0.15) is 5.82 Å². The van der Waals surface area contributed by atoms with E-state index in [9.17, 15) is 9.50 Å². The molecule has 1 aliphatic carbocycles. The van der Waals surface area contributed by atoms with E-state index in [1.165, 1.54) is 6.07 Å². The van der Waals surface area contributed by atoms with E-state index in [1.807, 2.05) is 13.0 Å². The van der Waals surface area contributed by atoms with Crippen LogP contribution in [0.2, 0.25) is 0 Å². The average molecular weight is 259 g/mol. The van der Waals surface area contributed by atoms with Gasteiger partial charge in [0.2, 0.25) is 0 Å². The molecule has 3 atom stereocenters. The molecular weight excluding hydrogens is 247 g/mol. The predicted octanol–water partition coefficient (Wildman–Crippen LogP) is 3.07. The first-order chi connectivity index (χ1) is 6.59. The van der Waals surface area contributed by atoms with Crippen LogP contribution >= 0.6 is 15.9 Å². The lowest BCUT2D eigenvalue weighted by Gasteiger charge is -2.39. The standard InChI is InChI=1S/C11H12BrFO/c1-6-8(5-11(6)14)9-4-7(12)2-3-10(9)13/h2-4,6,8,11,14H,5H2,1H3. The first-order valence-corrected chi connectivity index (χ1v) is 5.52. The second kappa shape index (κ2) is 3.63. The van der Waals surface area contributed by atoms with Gasteiger partial charge in [0.25, 0.3) is 0 Å². The number of benzene rings is 1. The first kappa shape index (κ1) is 10.1. The Kier molecular flexibility index (Phi) is 2.62. The van der Waals surface area contributed by atoms with Crippen molar-refractivity contribution in [2.45, 2.75) is 25.4 Å². The Morgan fingerprint density at radius 2 is 2.21 bits per heavy atom. The van der Waals surface area contributed by atoms with Crippen LogP contribution < -0.4 is 0 Å². The molecule has 0 radical (unpaired) electrons. The third-order valence-corrected chi connectivity index (χ3v) is 3.59. The molecule has 0 aromatic heterocycles. The second-order valence-corrected chi connectivity index (χ2v) is 4.85. The molecule has 3 unspecified atom stereocenters. The number of aliphatic hydroxyl groups is 1. The zero-order valence-electron chi connectivity index (χ0n) is 7.87. The topological polar surface area (TPSA) is 20.2 Å². The summed E-state index contributed by atoms with van der Waals surface area (Å²) >= 11 is 3.32. The maximum absolute atomic E-state index is 13.4. The summed E-state index contributed by atoms with van der Waals surface area (Å²) in [5.41, 5.74) is 0.720. The van der Waals surface area contributed by atoms with Gasteiger partial charge in [-0.1, -0.05) is 22.9 Å². The summed E-state index contributed by atoms with van der Waals surface area (Å²) < 4.78 is 14.3. The summed E-state index contributed by atoms with van der Waals surface area (Å²) in [5.74, 6) is 0.165. The number of hydrogen-bond acceptors (Lipinski definition) is 1. The fourth-order valence-corrected chi connectivity index (χ4v) is 2.35. The van der Waals surface area contributed by atoms with Gasteiger partial charge in [0.05, 0.1) is 6.10 Å². The minimum atomic E-state index is -0.265. The molecule has 3 heteroatoms. The van der Waals surface area contributed by atoms with Crippen LogP contribution in [-0.2, 0) is 0 Å². The van der Waals surface area contributed by atoms with Crippen LogP contribution in [0.25, 0.3) is 0 Å². The highest BCUT2D eigenvalue weighted by Gasteiger charge is 2.38. The monoisotopic (exact) mass is 258 g/mol. The number of halogens is 2. The van der Waals surface area contributed by atoms with Crippen LogP contribution in [-0.4, -0.2) is 11.2 Å². The van der Waals surface area contributed by atoms with Gasteiger partial charge in [0.15, 0.2) is 0 Å². The van der Waals surface area contributed by atoms with Crippen LogP contribution in [0.4, 0.5) is 4.39 Å². The van der Waals surface area contributed by atoms with Gasteiger partial charge < -0.3 is 5.11 Å². The van der Waals surface area contributed by atoms with Crippen LogP contribution in [0.3, 0.4) is 0 Å². The lowest BCUT2D eigenvalue weighted by molar-refractivity contribution is 0.0106. The molecule has 0 bridgehead atoms. The van der Waals surface area contributed by atoms with E-state index in [-0.39, 0.29) is 23.8 Å².